The second-order valence-electron chi connectivity index (χ2n) is 9.01. The molecule has 0 bridgehead atoms. The fourth-order valence-electron chi connectivity index (χ4n) is 4.26. The Balaban J connectivity index is 1.31. The molecule has 0 radical (unpaired) electrons. The third-order valence-electron chi connectivity index (χ3n) is 6.39. The van der Waals surface area contributed by atoms with Crippen LogP contribution in [-0.2, 0) is 14.4 Å². The van der Waals surface area contributed by atoms with Crippen LogP contribution in [0.4, 0.5) is 4.79 Å². The van der Waals surface area contributed by atoms with Gasteiger partial charge in [0.1, 0.15) is 12.2 Å². The lowest BCUT2D eigenvalue weighted by Crippen LogP contribution is -2.56. The smallest absolute Gasteiger partial charge is 0.324 e. The number of rotatable bonds is 8. The number of aromatic nitrogens is 2. The molecule has 2 N–H and O–H groups in total. The van der Waals surface area contributed by atoms with Crippen molar-refractivity contribution in [2.24, 2.45) is 11.8 Å². The van der Waals surface area contributed by atoms with E-state index in [0.29, 0.717) is 26.1 Å². The second kappa shape index (κ2) is 10.1. The summed E-state index contributed by atoms with van der Waals surface area (Å²) in [5, 5.41) is 5.04. The molecule has 3 aliphatic rings. The number of carbonyl (C=O) groups excluding carboxylic acids is 5. The third-order valence-corrected chi connectivity index (χ3v) is 6.39. The standard InChI is InChI=1S/C22H29N7O5/c1-14-11-28(22(34)26-19(14)31)13-18(30)27-8-4-16(12-27)29(21(33)15-2-3-15)9-7-25-20(32)17-10-23-5-6-24-17/h5-6,10,14-16H,2-4,7-9,11-13H2,1H3,(H,25,32)(H,26,31,34). The van der Waals surface area contributed by atoms with Crippen molar-refractivity contribution in [1.82, 2.24) is 35.3 Å². The molecule has 1 aliphatic carbocycles. The lowest BCUT2D eigenvalue weighted by Gasteiger charge is -2.32. The average molecular weight is 472 g/mol. The van der Waals surface area contributed by atoms with Gasteiger partial charge >= 0.3 is 6.03 Å². The van der Waals surface area contributed by atoms with Crippen LogP contribution < -0.4 is 10.6 Å². The van der Waals surface area contributed by atoms with Crippen molar-refractivity contribution in [2.45, 2.75) is 32.2 Å². The van der Waals surface area contributed by atoms with E-state index in [9.17, 15) is 24.0 Å². The van der Waals surface area contributed by atoms with E-state index < -0.39 is 6.03 Å². The van der Waals surface area contributed by atoms with E-state index in [-0.39, 0.29) is 66.8 Å². The predicted octanol–water partition coefficient (Wildman–Crippen LogP) is -0.766. The molecule has 0 spiro atoms. The predicted molar refractivity (Wildman–Crippen MR) is 118 cm³/mol. The molecule has 2 saturated heterocycles. The zero-order chi connectivity index (χ0) is 24.2. The molecule has 12 nitrogen and oxygen atoms in total. The van der Waals surface area contributed by atoms with E-state index in [1.54, 1.807) is 16.7 Å². The first-order valence-electron chi connectivity index (χ1n) is 11.6. The zero-order valence-corrected chi connectivity index (χ0v) is 19.1. The van der Waals surface area contributed by atoms with Crippen LogP contribution in [0.2, 0.25) is 0 Å². The van der Waals surface area contributed by atoms with Gasteiger partial charge in [-0.15, -0.1) is 0 Å². The summed E-state index contributed by atoms with van der Waals surface area (Å²) < 4.78 is 0. The molecule has 6 amide bonds. The average Bonchev–Trinajstić information content (AvgIpc) is 3.57. The summed E-state index contributed by atoms with van der Waals surface area (Å²) in [5.41, 5.74) is 0.206. The highest BCUT2D eigenvalue weighted by Gasteiger charge is 2.40. The Morgan fingerprint density at radius 3 is 2.68 bits per heavy atom. The Hall–Kier alpha value is -3.57. The Kier molecular flexibility index (Phi) is 7.03. The van der Waals surface area contributed by atoms with Crippen molar-refractivity contribution < 1.29 is 24.0 Å². The highest BCUT2D eigenvalue weighted by molar-refractivity contribution is 5.99. The summed E-state index contributed by atoms with van der Waals surface area (Å²) in [6, 6.07) is -0.710. The van der Waals surface area contributed by atoms with E-state index in [2.05, 4.69) is 20.6 Å². The molecular formula is C22H29N7O5. The minimum absolute atomic E-state index is 0.0107. The molecule has 2 unspecified atom stereocenters. The number of hydrogen-bond donors (Lipinski definition) is 2. The lowest BCUT2D eigenvalue weighted by atomic mass is 10.1. The summed E-state index contributed by atoms with van der Waals surface area (Å²) in [4.78, 5) is 74.3. The van der Waals surface area contributed by atoms with Gasteiger partial charge < -0.3 is 20.0 Å². The van der Waals surface area contributed by atoms with Gasteiger partial charge in [0.2, 0.25) is 17.7 Å². The molecule has 0 aromatic carbocycles. The maximum Gasteiger partial charge on any atom is 0.324 e. The van der Waals surface area contributed by atoms with E-state index in [1.165, 1.54) is 23.5 Å². The quantitative estimate of drug-likeness (QED) is 0.507. The van der Waals surface area contributed by atoms with Gasteiger partial charge in [-0.3, -0.25) is 29.5 Å². The van der Waals surface area contributed by atoms with Gasteiger partial charge in [0, 0.05) is 51.0 Å². The van der Waals surface area contributed by atoms with Gasteiger partial charge in [-0.05, 0) is 19.3 Å². The molecule has 3 fully saturated rings. The fourth-order valence-corrected chi connectivity index (χ4v) is 4.26. The molecule has 1 aromatic heterocycles. The third kappa shape index (κ3) is 5.49. The van der Waals surface area contributed by atoms with Crippen LogP contribution in [0.25, 0.3) is 0 Å². The number of amides is 6. The number of nitrogens with zero attached hydrogens (tertiary/aromatic N) is 5. The van der Waals surface area contributed by atoms with Crippen LogP contribution >= 0.6 is 0 Å². The fraction of sp³-hybridized carbons (Fsp3) is 0.591. The van der Waals surface area contributed by atoms with E-state index in [4.69, 9.17) is 0 Å². The van der Waals surface area contributed by atoms with Crippen LogP contribution in [0.1, 0.15) is 36.7 Å². The number of nitrogens with one attached hydrogen (secondary N) is 2. The Labute approximate surface area is 197 Å². The van der Waals surface area contributed by atoms with E-state index in [0.717, 1.165) is 12.8 Å². The minimum Gasteiger partial charge on any atom is -0.349 e. The Morgan fingerprint density at radius 2 is 1.97 bits per heavy atom. The second-order valence-corrected chi connectivity index (χ2v) is 9.01. The van der Waals surface area contributed by atoms with Crippen molar-refractivity contribution in [3.05, 3.63) is 24.3 Å². The number of hydrogen-bond acceptors (Lipinski definition) is 7. The van der Waals surface area contributed by atoms with Crippen molar-refractivity contribution in [3.63, 3.8) is 0 Å². The molecule has 1 aromatic rings. The molecule has 3 heterocycles. The van der Waals surface area contributed by atoms with Gasteiger partial charge in [-0.25, -0.2) is 9.78 Å². The molecule has 2 atom stereocenters. The molecule has 1 saturated carbocycles. The SMILES string of the molecule is CC1CN(CC(=O)N2CCC(N(CCNC(=O)c3cnccn3)C(=O)C3CC3)C2)C(=O)NC1=O. The minimum atomic E-state index is -0.559. The number of urea groups is 1. The highest BCUT2D eigenvalue weighted by Crippen LogP contribution is 2.32. The van der Waals surface area contributed by atoms with Crippen LogP contribution in [-0.4, -0.2) is 99.6 Å². The van der Waals surface area contributed by atoms with Crippen LogP contribution in [0.15, 0.2) is 18.6 Å². The van der Waals surface area contributed by atoms with E-state index >= 15 is 0 Å². The largest absolute Gasteiger partial charge is 0.349 e. The maximum absolute atomic E-state index is 12.9. The van der Waals surface area contributed by atoms with Gasteiger partial charge in [-0.1, -0.05) is 6.92 Å². The molecular weight excluding hydrogens is 442 g/mol. The monoisotopic (exact) mass is 471 g/mol. The van der Waals surface area contributed by atoms with Crippen molar-refractivity contribution in [2.75, 3.05) is 39.3 Å². The summed E-state index contributed by atoms with van der Waals surface area (Å²) in [6.45, 7) is 3.25. The topological polar surface area (TPSA) is 145 Å². The van der Waals surface area contributed by atoms with Crippen molar-refractivity contribution in [1.29, 1.82) is 0 Å². The normalized spacial score (nSPS) is 22.4. The first-order chi connectivity index (χ1) is 16.3. The first kappa shape index (κ1) is 23.6. The molecule has 34 heavy (non-hydrogen) atoms. The number of carbonyl (C=O) groups is 5. The van der Waals surface area contributed by atoms with Gasteiger partial charge in [-0.2, -0.15) is 0 Å². The molecule has 12 heteroatoms. The lowest BCUT2D eigenvalue weighted by molar-refractivity contribution is -0.136. The van der Waals surface area contributed by atoms with Crippen LogP contribution in [0.3, 0.4) is 0 Å². The van der Waals surface area contributed by atoms with Gasteiger partial charge in [0.05, 0.1) is 18.2 Å². The summed E-state index contributed by atoms with van der Waals surface area (Å²) in [7, 11) is 0. The summed E-state index contributed by atoms with van der Waals surface area (Å²) in [5.74, 6) is -1.22. The van der Waals surface area contributed by atoms with Gasteiger partial charge in [0.25, 0.3) is 5.91 Å². The number of likely N-dealkylation sites (tertiary alicyclic amines) is 1. The Bertz CT molecular complexity index is 968. The zero-order valence-electron chi connectivity index (χ0n) is 19.1. The van der Waals surface area contributed by atoms with Crippen molar-refractivity contribution >= 4 is 29.7 Å². The maximum atomic E-state index is 12.9. The first-order valence-corrected chi connectivity index (χ1v) is 11.6. The van der Waals surface area contributed by atoms with Crippen molar-refractivity contribution in [3.8, 4) is 0 Å². The van der Waals surface area contributed by atoms with Crippen LogP contribution in [0, 0.1) is 11.8 Å². The Morgan fingerprint density at radius 1 is 1.18 bits per heavy atom. The van der Waals surface area contributed by atoms with Crippen LogP contribution in [0.5, 0.6) is 0 Å². The van der Waals surface area contributed by atoms with Gasteiger partial charge in [0.15, 0.2) is 0 Å². The van der Waals surface area contributed by atoms with E-state index in [1.807, 2.05) is 0 Å². The molecule has 182 valence electrons. The molecule has 2 aliphatic heterocycles. The molecule has 4 rings (SSSR count). The summed E-state index contributed by atoms with van der Waals surface area (Å²) in [6.07, 6.45) is 6.65. The summed E-state index contributed by atoms with van der Waals surface area (Å²) >= 11 is 0. The highest BCUT2D eigenvalue weighted by atomic mass is 16.2. The number of imide groups is 1.